The molecule has 0 saturated carbocycles. The van der Waals surface area contributed by atoms with Crippen LogP contribution in [0.25, 0.3) is 11.3 Å². The molecule has 0 atom stereocenters. The van der Waals surface area contributed by atoms with Crippen molar-refractivity contribution in [2.75, 3.05) is 37.2 Å². The first kappa shape index (κ1) is 24.7. The highest BCUT2D eigenvalue weighted by Gasteiger charge is 2.29. The summed E-state index contributed by atoms with van der Waals surface area (Å²) in [6.07, 6.45) is 0. The Kier molecular flexibility index (Phi) is 7.17. The molecule has 0 unspecified atom stereocenters. The van der Waals surface area contributed by atoms with Crippen LogP contribution in [0.4, 0.5) is 17.1 Å². The Morgan fingerprint density at radius 1 is 0.944 bits per heavy atom. The summed E-state index contributed by atoms with van der Waals surface area (Å²) in [5.74, 6) is -0.932. The predicted octanol–water partition coefficient (Wildman–Crippen LogP) is 4.43. The molecule has 0 fully saturated rings. The van der Waals surface area contributed by atoms with Crippen LogP contribution < -0.4 is 16.0 Å². The minimum atomic E-state index is -0.478. The predicted molar refractivity (Wildman–Crippen MR) is 141 cm³/mol. The van der Waals surface area contributed by atoms with Gasteiger partial charge in [-0.25, -0.2) is 4.79 Å². The molecule has 0 radical (unpaired) electrons. The van der Waals surface area contributed by atoms with Gasteiger partial charge in [-0.15, -0.1) is 0 Å². The molecule has 0 bridgehead atoms. The van der Waals surface area contributed by atoms with E-state index in [1.807, 2.05) is 67.5 Å². The van der Waals surface area contributed by atoms with Crippen molar-refractivity contribution in [3.05, 3.63) is 89.0 Å². The lowest BCUT2D eigenvalue weighted by Gasteiger charge is -2.18. The molecule has 3 aromatic rings. The maximum atomic E-state index is 13.2. The monoisotopic (exact) mass is 484 g/mol. The number of methoxy groups -OCH3 is 1. The van der Waals surface area contributed by atoms with Gasteiger partial charge in [-0.3, -0.25) is 9.59 Å². The van der Waals surface area contributed by atoms with E-state index in [2.05, 4.69) is 16.0 Å². The topological polar surface area (TPSA) is 99.8 Å². The van der Waals surface area contributed by atoms with E-state index >= 15 is 0 Å². The Morgan fingerprint density at radius 3 is 2.36 bits per heavy atom. The van der Waals surface area contributed by atoms with Gasteiger partial charge >= 0.3 is 5.97 Å². The number of nitrogens with zero attached hydrogens (tertiary/aromatic N) is 1. The van der Waals surface area contributed by atoms with E-state index in [1.165, 1.54) is 14.0 Å². The molecule has 3 N–H and O–H groups in total. The van der Waals surface area contributed by atoms with E-state index in [-0.39, 0.29) is 11.8 Å². The average Bonchev–Trinajstić information content (AvgIpc) is 3.18. The molecule has 8 heteroatoms. The van der Waals surface area contributed by atoms with Gasteiger partial charge in [0.25, 0.3) is 5.91 Å². The minimum absolute atomic E-state index is 0.167. The molecule has 0 aromatic heterocycles. The van der Waals surface area contributed by atoms with Crippen LogP contribution in [0.5, 0.6) is 0 Å². The second kappa shape index (κ2) is 10.5. The van der Waals surface area contributed by atoms with Crippen LogP contribution in [0.1, 0.15) is 34.0 Å². The summed E-state index contributed by atoms with van der Waals surface area (Å²) in [4.78, 5) is 39.0. The third kappa shape index (κ3) is 5.29. The first-order chi connectivity index (χ1) is 17.3. The van der Waals surface area contributed by atoms with Crippen molar-refractivity contribution < 1.29 is 19.1 Å². The number of fused-ring (bicyclic) bond motifs is 1. The normalized spacial score (nSPS) is 13.6. The smallest absolute Gasteiger partial charge is 0.337 e. The lowest BCUT2D eigenvalue weighted by atomic mass is 9.99. The number of esters is 1. The van der Waals surface area contributed by atoms with Crippen molar-refractivity contribution in [3.63, 3.8) is 0 Å². The lowest BCUT2D eigenvalue weighted by Crippen LogP contribution is -2.15. The Bertz CT molecular complexity index is 1360. The van der Waals surface area contributed by atoms with E-state index in [0.717, 1.165) is 11.1 Å². The third-order valence-electron chi connectivity index (χ3n) is 5.67. The number of amides is 2. The Balaban J connectivity index is 1.83. The molecule has 184 valence electrons. The van der Waals surface area contributed by atoms with E-state index in [0.29, 0.717) is 46.0 Å². The Labute approximate surface area is 210 Å². The van der Waals surface area contributed by atoms with Crippen molar-refractivity contribution in [2.45, 2.75) is 13.5 Å². The van der Waals surface area contributed by atoms with Crippen molar-refractivity contribution in [1.82, 2.24) is 4.90 Å². The quantitative estimate of drug-likeness (QED) is 0.339. The maximum absolute atomic E-state index is 13.2. The van der Waals surface area contributed by atoms with Crippen molar-refractivity contribution in [3.8, 4) is 0 Å². The van der Waals surface area contributed by atoms with Gasteiger partial charge in [0.15, 0.2) is 0 Å². The molecule has 4 rings (SSSR count). The lowest BCUT2D eigenvalue weighted by molar-refractivity contribution is -0.114. The molecule has 8 nitrogen and oxygen atoms in total. The Hall–Kier alpha value is -4.43. The molecule has 2 amide bonds. The van der Waals surface area contributed by atoms with Gasteiger partial charge in [0, 0.05) is 30.4 Å². The highest BCUT2D eigenvalue weighted by Crippen LogP contribution is 2.38. The zero-order valence-corrected chi connectivity index (χ0v) is 20.6. The fraction of sp³-hybridized carbons (Fsp3) is 0.179. The largest absolute Gasteiger partial charge is 0.465 e. The van der Waals surface area contributed by atoms with Gasteiger partial charge in [0.1, 0.15) is 0 Å². The summed E-state index contributed by atoms with van der Waals surface area (Å²) in [5, 5.41) is 9.18. The Morgan fingerprint density at radius 2 is 1.69 bits per heavy atom. The van der Waals surface area contributed by atoms with Gasteiger partial charge in [-0.2, -0.15) is 0 Å². The van der Waals surface area contributed by atoms with Crippen LogP contribution in [-0.2, 0) is 20.9 Å². The fourth-order valence-corrected chi connectivity index (χ4v) is 4.13. The zero-order valence-electron chi connectivity index (χ0n) is 20.6. The molecule has 0 aliphatic carbocycles. The number of carbonyl (C=O) groups is 3. The van der Waals surface area contributed by atoms with Crippen molar-refractivity contribution in [2.24, 2.45) is 0 Å². The summed E-state index contributed by atoms with van der Waals surface area (Å²) in [5.41, 5.74) is 5.79. The summed E-state index contributed by atoms with van der Waals surface area (Å²) >= 11 is 0. The fourth-order valence-electron chi connectivity index (χ4n) is 4.13. The molecular formula is C28H28N4O4. The third-order valence-corrected chi connectivity index (χ3v) is 5.67. The first-order valence-electron chi connectivity index (χ1n) is 11.4. The number of rotatable bonds is 7. The van der Waals surface area contributed by atoms with Gasteiger partial charge in [-0.05, 0) is 49.5 Å². The van der Waals surface area contributed by atoms with Crippen LogP contribution >= 0.6 is 0 Å². The van der Waals surface area contributed by atoms with Gasteiger partial charge in [0.05, 0.1) is 29.6 Å². The SMILES string of the molecule is COC(=O)c1ccc2c(c1)NC(=O)/C2=C(\Nc1ccc(CN(C)C)c(NC(C)=O)c1)c1ccccc1. The number of benzene rings is 3. The second-order valence-electron chi connectivity index (χ2n) is 8.74. The minimum Gasteiger partial charge on any atom is -0.465 e. The summed E-state index contributed by atoms with van der Waals surface area (Å²) in [6.45, 7) is 2.13. The molecule has 36 heavy (non-hydrogen) atoms. The molecule has 0 saturated heterocycles. The van der Waals surface area contributed by atoms with Crippen LogP contribution in [0.2, 0.25) is 0 Å². The number of nitrogens with one attached hydrogen (secondary N) is 3. The van der Waals surface area contributed by atoms with E-state index in [1.54, 1.807) is 18.2 Å². The average molecular weight is 485 g/mol. The molecule has 1 aliphatic rings. The van der Waals surface area contributed by atoms with E-state index in [4.69, 9.17) is 4.74 Å². The number of hydrogen-bond donors (Lipinski definition) is 3. The van der Waals surface area contributed by atoms with Gasteiger partial charge < -0.3 is 25.6 Å². The van der Waals surface area contributed by atoms with Crippen LogP contribution in [0.3, 0.4) is 0 Å². The highest BCUT2D eigenvalue weighted by molar-refractivity contribution is 6.37. The van der Waals surface area contributed by atoms with Crippen LogP contribution in [0.15, 0.2) is 66.7 Å². The first-order valence-corrected chi connectivity index (χ1v) is 11.4. The summed E-state index contributed by atoms with van der Waals surface area (Å²) < 4.78 is 4.81. The second-order valence-corrected chi connectivity index (χ2v) is 8.74. The van der Waals surface area contributed by atoms with Crippen LogP contribution in [0, 0.1) is 0 Å². The number of ether oxygens (including phenoxy) is 1. The van der Waals surface area contributed by atoms with Crippen molar-refractivity contribution >= 4 is 46.1 Å². The van der Waals surface area contributed by atoms with Gasteiger partial charge in [-0.1, -0.05) is 42.5 Å². The zero-order chi connectivity index (χ0) is 25.8. The standard InChI is InChI=1S/C28H28N4O4/c1-17(33)29-23-15-21(12-10-20(23)16-32(2)3)30-26(18-8-6-5-7-9-18)25-22-13-11-19(28(35)36-4)14-24(22)31-27(25)34/h5-15,30H,16H2,1-4H3,(H,29,33)(H,31,34)/b26-25-. The highest BCUT2D eigenvalue weighted by atomic mass is 16.5. The van der Waals surface area contributed by atoms with E-state index in [9.17, 15) is 14.4 Å². The molecule has 1 heterocycles. The summed E-state index contributed by atoms with van der Waals surface area (Å²) in [7, 11) is 5.24. The number of hydrogen-bond acceptors (Lipinski definition) is 6. The van der Waals surface area contributed by atoms with Gasteiger partial charge in [0.2, 0.25) is 5.91 Å². The van der Waals surface area contributed by atoms with Crippen LogP contribution in [-0.4, -0.2) is 43.9 Å². The molecular weight excluding hydrogens is 456 g/mol. The summed E-state index contributed by atoms with van der Waals surface area (Å²) in [6, 6.07) is 20.2. The number of anilines is 3. The molecule has 1 aliphatic heterocycles. The van der Waals surface area contributed by atoms with E-state index < -0.39 is 5.97 Å². The molecule has 3 aromatic carbocycles. The maximum Gasteiger partial charge on any atom is 0.337 e. The van der Waals surface area contributed by atoms with Crippen molar-refractivity contribution in [1.29, 1.82) is 0 Å². The molecule has 0 spiro atoms. The number of carbonyl (C=O) groups excluding carboxylic acids is 3.